The first-order valence-corrected chi connectivity index (χ1v) is 8.89. The average Bonchev–Trinajstić information content (AvgIpc) is 2.64. The predicted octanol–water partition coefficient (Wildman–Crippen LogP) is 4.61. The van der Waals surface area contributed by atoms with Gasteiger partial charge in [-0.2, -0.15) is 0 Å². The zero-order valence-electron chi connectivity index (χ0n) is 15.2. The van der Waals surface area contributed by atoms with Gasteiger partial charge in [-0.3, -0.25) is 4.79 Å². The van der Waals surface area contributed by atoms with E-state index in [1.807, 2.05) is 48.5 Å². The Balaban J connectivity index is 2.33. The van der Waals surface area contributed by atoms with Crippen LogP contribution < -0.4 is 9.80 Å². The summed E-state index contributed by atoms with van der Waals surface area (Å²) in [6.45, 7) is 12.2. The van der Waals surface area contributed by atoms with E-state index < -0.39 is 0 Å². The number of benzene rings is 2. The van der Waals surface area contributed by atoms with E-state index in [2.05, 4.69) is 37.5 Å². The molecule has 0 amide bonds. The zero-order valence-corrected chi connectivity index (χ0v) is 15.2. The lowest BCUT2D eigenvalue weighted by molar-refractivity contribution is 0.103. The van der Waals surface area contributed by atoms with E-state index >= 15 is 0 Å². The van der Waals surface area contributed by atoms with Gasteiger partial charge < -0.3 is 9.80 Å². The van der Waals surface area contributed by atoms with E-state index in [0.717, 1.165) is 48.7 Å². The minimum absolute atomic E-state index is 0.0867. The van der Waals surface area contributed by atoms with Crippen molar-refractivity contribution in [1.29, 1.82) is 0 Å². The number of hydrogen-bond donors (Lipinski definition) is 0. The number of ketones is 1. The molecule has 0 spiro atoms. The molecule has 2 aromatic carbocycles. The highest BCUT2D eigenvalue weighted by Gasteiger charge is 2.16. The van der Waals surface area contributed by atoms with Crippen LogP contribution in [0.3, 0.4) is 0 Å². The highest BCUT2D eigenvalue weighted by atomic mass is 16.1. The Morgan fingerprint density at radius 3 is 1.83 bits per heavy atom. The molecular weight excluding hydrogens is 296 g/mol. The quantitative estimate of drug-likeness (QED) is 0.663. The number of anilines is 2. The fraction of sp³-hybridized carbons (Fsp3) is 0.381. The van der Waals surface area contributed by atoms with Crippen LogP contribution in [0.1, 0.15) is 43.6 Å². The summed E-state index contributed by atoms with van der Waals surface area (Å²) in [6.07, 6.45) is 0. The Kier molecular flexibility index (Phi) is 6.42. The lowest BCUT2D eigenvalue weighted by Gasteiger charge is -2.24. The summed E-state index contributed by atoms with van der Waals surface area (Å²) in [6, 6.07) is 15.8. The summed E-state index contributed by atoms with van der Waals surface area (Å²) in [5.74, 6) is 0.0867. The normalized spacial score (nSPS) is 10.5. The smallest absolute Gasteiger partial charge is 0.195 e. The largest absolute Gasteiger partial charge is 0.372 e. The predicted molar refractivity (Wildman–Crippen MR) is 103 cm³/mol. The lowest BCUT2D eigenvalue weighted by Crippen LogP contribution is -2.24. The van der Waals surface area contributed by atoms with Crippen molar-refractivity contribution < 1.29 is 4.79 Å². The van der Waals surface area contributed by atoms with Gasteiger partial charge in [0.05, 0.1) is 0 Å². The molecule has 3 heteroatoms. The molecule has 0 saturated heterocycles. The number of rotatable bonds is 8. The van der Waals surface area contributed by atoms with E-state index in [0.29, 0.717) is 0 Å². The van der Waals surface area contributed by atoms with E-state index in [1.165, 1.54) is 0 Å². The Hall–Kier alpha value is -2.29. The van der Waals surface area contributed by atoms with Crippen molar-refractivity contribution in [1.82, 2.24) is 0 Å². The van der Waals surface area contributed by atoms with Gasteiger partial charge in [-0.25, -0.2) is 0 Å². The first-order valence-electron chi connectivity index (χ1n) is 8.89. The molecule has 3 nitrogen and oxygen atoms in total. The van der Waals surface area contributed by atoms with Gasteiger partial charge in [0, 0.05) is 48.7 Å². The first-order chi connectivity index (χ1) is 11.7. The van der Waals surface area contributed by atoms with Crippen molar-refractivity contribution in [3.63, 3.8) is 0 Å². The summed E-state index contributed by atoms with van der Waals surface area (Å²) in [5.41, 5.74) is 3.69. The third-order valence-corrected chi connectivity index (χ3v) is 4.51. The number of nitrogens with zero attached hydrogens (tertiary/aromatic N) is 2. The standard InChI is InChI=1S/C21H28N2O/c1-5-22(6-2)18-15-13-17(14-16-18)21(24)19-11-9-10-12-20(19)23(7-3)8-4/h9-16H,5-8H2,1-4H3. The van der Waals surface area contributed by atoms with Crippen LogP contribution in [0.15, 0.2) is 48.5 Å². The molecule has 0 saturated carbocycles. The number of carbonyl (C=O) groups is 1. The van der Waals surface area contributed by atoms with Crippen LogP contribution in [-0.4, -0.2) is 32.0 Å². The number of hydrogen-bond acceptors (Lipinski definition) is 3. The first kappa shape index (κ1) is 18.1. The summed E-state index contributed by atoms with van der Waals surface area (Å²) in [7, 11) is 0. The topological polar surface area (TPSA) is 23.6 Å². The minimum atomic E-state index is 0.0867. The summed E-state index contributed by atoms with van der Waals surface area (Å²) in [4.78, 5) is 17.5. The van der Waals surface area contributed by atoms with Crippen LogP contribution in [0.5, 0.6) is 0 Å². The van der Waals surface area contributed by atoms with Gasteiger partial charge >= 0.3 is 0 Å². The molecule has 24 heavy (non-hydrogen) atoms. The minimum Gasteiger partial charge on any atom is -0.372 e. The maximum Gasteiger partial charge on any atom is 0.195 e. The van der Waals surface area contributed by atoms with Crippen LogP contribution in [0.2, 0.25) is 0 Å². The number of para-hydroxylation sites is 1. The molecule has 0 radical (unpaired) electrons. The summed E-state index contributed by atoms with van der Waals surface area (Å²) < 4.78 is 0. The van der Waals surface area contributed by atoms with Gasteiger partial charge in [-0.15, -0.1) is 0 Å². The van der Waals surface area contributed by atoms with Crippen molar-refractivity contribution in [2.24, 2.45) is 0 Å². The molecule has 128 valence electrons. The third-order valence-electron chi connectivity index (χ3n) is 4.51. The summed E-state index contributed by atoms with van der Waals surface area (Å²) in [5, 5.41) is 0. The molecular formula is C21H28N2O. The number of carbonyl (C=O) groups excluding carboxylic acids is 1. The maximum absolute atomic E-state index is 13.0. The van der Waals surface area contributed by atoms with Crippen molar-refractivity contribution >= 4 is 17.2 Å². The third kappa shape index (κ3) is 3.78. The second-order valence-electron chi connectivity index (χ2n) is 5.74. The van der Waals surface area contributed by atoms with E-state index in [-0.39, 0.29) is 5.78 Å². The highest BCUT2D eigenvalue weighted by molar-refractivity contribution is 6.12. The molecule has 0 aromatic heterocycles. The van der Waals surface area contributed by atoms with Gasteiger partial charge in [0.15, 0.2) is 5.78 Å². The molecule has 0 unspecified atom stereocenters. The zero-order chi connectivity index (χ0) is 17.5. The van der Waals surface area contributed by atoms with Crippen molar-refractivity contribution in [3.05, 3.63) is 59.7 Å². The molecule has 0 bridgehead atoms. The Morgan fingerprint density at radius 1 is 0.750 bits per heavy atom. The lowest BCUT2D eigenvalue weighted by atomic mass is 10.0. The molecule has 0 aliphatic rings. The molecule has 2 rings (SSSR count). The van der Waals surface area contributed by atoms with Crippen LogP contribution in [0, 0.1) is 0 Å². The highest BCUT2D eigenvalue weighted by Crippen LogP contribution is 2.24. The van der Waals surface area contributed by atoms with E-state index in [9.17, 15) is 4.79 Å². The molecule has 0 atom stereocenters. The fourth-order valence-corrected chi connectivity index (χ4v) is 3.07. The Labute approximate surface area is 145 Å². The monoisotopic (exact) mass is 324 g/mol. The van der Waals surface area contributed by atoms with Crippen molar-refractivity contribution in [2.45, 2.75) is 27.7 Å². The molecule has 2 aromatic rings. The maximum atomic E-state index is 13.0. The van der Waals surface area contributed by atoms with E-state index in [1.54, 1.807) is 0 Å². The Morgan fingerprint density at radius 2 is 1.29 bits per heavy atom. The molecule has 0 fully saturated rings. The van der Waals surface area contributed by atoms with Gasteiger partial charge in [0.2, 0.25) is 0 Å². The van der Waals surface area contributed by atoms with Gasteiger partial charge in [0.1, 0.15) is 0 Å². The second-order valence-corrected chi connectivity index (χ2v) is 5.74. The summed E-state index contributed by atoms with van der Waals surface area (Å²) >= 11 is 0. The molecule has 0 aliphatic carbocycles. The van der Waals surface area contributed by atoms with Crippen LogP contribution in [0.25, 0.3) is 0 Å². The Bertz CT molecular complexity index is 656. The second kappa shape index (κ2) is 8.53. The van der Waals surface area contributed by atoms with Gasteiger partial charge in [-0.05, 0) is 64.1 Å². The van der Waals surface area contributed by atoms with Crippen molar-refractivity contribution in [2.75, 3.05) is 36.0 Å². The van der Waals surface area contributed by atoms with E-state index in [4.69, 9.17) is 0 Å². The fourth-order valence-electron chi connectivity index (χ4n) is 3.07. The molecule has 0 heterocycles. The van der Waals surface area contributed by atoms with Crippen LogP contribution in [0.4, 0.5) is 11.4 Å². The van der Waals surface area contributed by atoms with Gasteiger partial charge in [-0.1, -0.05) is 12.1 Å². The van der Waals surface area contributed by atoms with Gasteiger partial charge in [0.25, 0.3) is 0 Å². The molecule has 0 N–H and O–H groups in total. The average molecular weight is 324 g/mol. The molecule has 0 aliphatic heterocycles. The van der Waals surface area contributed by atoms with Crippen LogP contribution in [-0.2, 0) is 0 Å². The van der Waals surface area contributed by atoms with Crippen molar-refractivity contribution in [3.8, 4) is 0 Å². The van der Waals surface area contributed by atoms with Crippen LogP contribution >= 0.6 is 0 Å². The SMILES string of the molecule is CCN(CC)c1ccc(C(=O)c2ccccc2N(CC)CC)cc1.